The first-order chi connectivity index (χ1) is 13.8. The molecular weight excluding hydrogens is 374 g/mol. The van der Waals surface area contributed by atoms with Crippen molar-refractivity contribution in [1.82, 2.24) is 5.32 Å². The van der Waals surface area contributed by atoms with Crippen molar-refractivity contribution in [1.29, 1.82) is 0 Å². The van der Waals surface area contributed by atoms with E-state index in [0.29, 0.717) is 28.7 Å². The molecule has 29 heavy (non-hydrogen) atoms. The molecule has 1 N–H and O–H groups in total. The van der Waals surface area contributed by atoms with E-state index >= 15 is 0 Å². The van der Waals surface area contributed by atoms with Crippen LogP contribution in [0.3, 0.4) is 0 Å². The van der Waals surface area contributed by atoms with Gasteiger partial charge in [0.25, 0.3) is 5.91 Å². The lowest BCUT2D eigenvalue weighted by Crippen LogP contribution is -2.52. The lowest BCUT2D eigenvalue weighted by atomic mass is 9.99. The van der Waals surface area contributed by atoms with Gasteiger partial charge in [-0.25, -0.2) is 4.79 Å². The van der Waals surface area contributed by atoms with Gasteiger partial charge in [0.05, 0.1) is 17.4 Å². The van der Waals surface area contributed by atoms with Crippen molar-refractivity contribution < 1.29 is 23.8 Å². The lowest BCUT2D eigenvalue weighted by molar-refractivity contribution is -0.309. The number of aryl methyl sites for hydroxylation is 1. The number of fused-ring (bicyclic) bond motifs is 3. The summed E-state index contributed by atoms with van der Waals surface area (Å²) in [5.41, 5.74) is 0.520. The van der Waals surface area contributed by atoms with E-state index < -0.39 is 23.5 Å². The smallest absolute Gasteiger partial charge is 0.344 e. The maximum atomic E-state index is 12.3. The van der Waals surface area contributed by atoms with E-state index in [1.807, 2.05) is 19.1 Å². The quantitative estimate of drug-likeness (QED) is 0.483. The predicted molar refractivity (Wildman–Crippen MR) is 107 cm³/mol. The fraction of sp³-hybridized carbons (Fsp3) is 0.318. The van der Waals surface area contributed by atoms with Crippen LogP contribution in [0.4, 0.5) is 0 Å². The molecular formula is C22H22NO6-. The van der Waals surface area contributed by atoms with Crippen LogP contribution >= 0.6 is 0 Å². The summed E-state index contributed by atoms with van der Waals surface area (Å²) in [6.45, 7) is 4.92. The third-order valence-electron chi connectivity index (χ3n) is 5.13. The number of ether oxygens (including phenoxy) is 1. The molecule has 2 aromatic carbocycles. The molecule has 0 spiro atoms. The van der Waals surface area contributed by atoms with E-state index in [1.54, 1.807) is 38.1 Å². The number of hydrogen-bond donors (Lipinski definition) is 1. The van der Waals surface area contributed by atoms with Crippen LogP contribution in [0.5, 0.6) is 5.75 Å². The number of amides is 1. The minimum atomic E-state index is -1.33. The first-order valence-electron chi connectivity index (χ1n) is 9.41. The number of nitrogens with one attached hydrogen (secondary N) is 1. The molecule has 2 atom stereocenters. The Hall–Kier alpha value is -3.35. The normalized spacial score (nSPS) is 13.2. The van der Waals surface area contributed by atoms with Gasteiger partial charge in [0, 0.05) is 10.9 Å². The molecule has 0 aliphatic rings. The van der Waals surface area contributed by atoms with Crippen molar-refractivity contribution in [2.24, 2.45) is 5.92 Å². The third kappa shape index (κ3) is 4.08. The minimum Gasteiger partial charge on any atom is -0.548 e. The van der Waals surface area contributed by atoms with E-state index in [4.69, 9.17) is 9.15 Å². The molecule has 0 aliphatic carbocycles. The summed E-state index contributed by atoms with van der Waals surface area (Å²) < 4.78 is 11.0. The Morgan fingerprint density at radius 1 is 1.14 bits per heavy atom. The van der Waals surface area contributed by atoms with Crippen LogP contribution in [0.15, 0.2) is 45.6 Å². The number of rotatable bonds is 7. The van der Waals surface area contributed by atoms with Gasteiger partial charge in [0.1, 0.15) is 11.3 Å². The number of carboxylic acids is 1. The Labute approximate surface area is 167 Å². The Balaban J connectivity index is 1.83. The molecule has 0 aliphatic heterocycles. The number of carboxylic acid groups (broad SMARTS) is 1. The van der Waals surface area contributed by atoms with Gasteiger partial charge < -0.3 is 24.4 Å². The van der Waals surface area contributed by atoms with Crippen molar-refractivity contribution in [2.45, 2.75) is 33.2 Å². The van der Waals surface area contributed by atoms with Crippen molar-refractivity contribution in [3.05, 3.63) is 52.4 Å². The predicted octanol–water partition coefficient (Wildman–Crippen LogP) is 1.91. The third-order valence-corrected chi connectivity index (χ3v) is 5.13. The Kier molecular flexibility index (Phi) is 5.87. The van der Waals surface area contributed by atoms with E-state index in [0.717, 1.165) is 10.8 Å². The molecule has 1 heterocycles. The topological polar surface area (TPSA) is 109 Å². The van der Waals surface area contributed by atoms with Crippen LogP contribution < -0.4 is 20.8 Å². The van der Waals surface area contributed by atoms with Crippen LogP contribution in [0.25, 0.3) is 21.7 Å². The van der Waals surface area contributed by atoms with Crippen molar-refractivity contribution in [3.63, 3.8) is 0 Å². The Bertz CT molecular complexity index is 1130. The van der Waals surface area contributed by atoms with E-state index in [9.17, 15) is 19.5 Å². The lowest BCUT2D eigenvalue weighted by Gasteiger charge is -2.25. The van der Waals surface area contributed by atoms with Crippen molar-refractivity contribution in [2.75, 3.05) is 6.61 Å². The summed E-state index contributed by atoms with van der Waals surface area (Å²) in [7, 11) is 0. The molecule has 0 fully saturated rings. The number of hydrogen-bond acceptors (Lipinski definition) is 6. The van der Waals surface area contributed by atoms with Crippen molar-refractivity contribution >= 4 is 33.6 Å². The fourth-order valence-corrected chi connectivity index (χ4v) is 3.24. The van der Waals surface area contributed by atoms with Crippen LogP contribution in [0.2, 0.25) is 0 Å². The molecule has 0 unspecified atom stereocenters. The molecule has 0 bridgehead atoms. The molecule has 7 nitrogen and oxygen atoms in total. The average Bonchev–Trinajstić information content (AvgIpc) is 2.71. The molecule has 1 aromatic heterocycles. The summed E-state index contributed by atoms with van der Waals surface area (Å²) in [5.74, 6) is -1.80. The number of carbonyl (C=O) groups excluding carboxylic acids is 2. The monoisotopic (exact) mass is 396 g/mol. The van der Waals surface area contributed by atoms with Gasteiger partial charge in [-0.15, -0.1) is 0 Å². The van der Waals surface area contributed by atoms with Gasteiger partial charge >= 0.3 is 5.63 Å². The van der Waals surface area contributed by atoms with Crippen LogP contribution in [-0.2, 0) is 9.59 Å². The van der Waals surface area contributed by atoms with E-state index in [-0.39, 0.29) is 12.5 Å². The minimum absolute atomic E-state index is 0.270. The maximum Gasteiger partial charge on any atom is 0.344 e. The van der Waals surface area contributed by atoms with Crippen molar-refractivity contribution in [3.8, 4) is 5.75 Å². The zero-order valence-corrected chi connectivity index (χ0v) is 16.5. The first kappa shape index (κ1) is 20.4. The molecule has 1 amide bonds. The summed E-state index contributed by atoms with van der Waals surface area (Å²) in [5, 5.41) is 15.7. The van der Waals surface area contributed by atoms with Gasteiger partial charge in [0.15, 0.2) is 6.61 Å². The Morgan fingerprint density at radius 2 is 1.83 bits per heavy atom. The highest BCUT2D eigenvalue weighted by Crippen LogP contribution is 2.30. The highest BCUT2D eigenvalue weighted by molar-refractivity contribution is 6.05. The first-order valence-corrected chi connectivity index (χ1v) is 9.41. The summed E-state index contributed by atoms with van der Waals surface area (Å²) in [6.07, 6.45) is 0.580. The standard InChI is InChI=1S/C22H23NO6/c1-4-12(2)19(21(25)26)23-18(24)11-28-17-10-9-15-14-7-5-6-8-16(14)22(27)29-20(15)13(17)3/h5-10,12,19H,4,11H2,1-3H3,(H,23,24)(H,25,26)/p-1/t12-,19+/m1/s1. The fourth-order valence-electron chi connectivity index (χ4n) is 3.24. The molecule has 0 saturated carbocycles. The molecule has 3 aromatic rings. The van der Waals surface area contributed by atoms with Gasteiger partial charge in [-0.3, -0.25) is 4.79 Å². The highest BCUT2D eigenvalue weighted by atomic mass is 16.5. The van der Waals surface area contributed by atoms with E-state index in [2.05, 4.69) is 5.32 Å². The second-order valence-electron chi connectivity index (χ2n) is 7.04. The number of benzene rings is 2. The van der Waals surface area contributed by atoms with E-state index in [1.165, 1.54) is 0 Å². The average molecular weight is 396 g/mol. The second-order valence-corrected chi connectivity index (χ2v) is 7.04. The van der Waals surface area contributed by atoms with Gasteiger partial charge in [-0.05, 0) is 36.4 Å². The summed E-state index contributed by atoms with van der Waals surface area (Å²) >= 11 is 0. The highest BCUT2D eigenvalue weighted by Gasteiger charge is 2.20. The molecule has 7 heteroatoms. The zero-order chi connectivity index (χ0) is 21.1. The van der Waals surface area contributed by atoms with Gasteiger partial charge in [-0.1, -0.05) is 38.5 Å². The molecule has 0 saturated heterocycles. The number of carbonyl (C=O) groups is 2. The van der Waals surface area contributed by atoms with Gasteiger partial charge in [0.2, 0.25) is 0 Å². The summed E-state index contributed by atoms with van der Waals surface area (Å²) in [6, 6.07) is 9.54. The van der Waals surface area contributed by atoms with Gasteiger partial charge in [-0.2, -0.15) is 0 Å². The molecule has 0 radical (unpaired) electrons. The van der Waals surface area contributed by atoms with Crippen LogP contribution in [0.1, 0.15) is 25.8 Å². The maximum absolute atomic E-state index is 12.3. The second kappa shape index (κ2) is 8.34. The molecule has 152 valence electrons. The number of aliphatic carboxylic acids is 1. The van der Waals surface area contributed by atoms with Crippen LogP contribution in [-0.4, -0.2) is 24.5 Å². The Morgan fingerprint density at radius 3 is 2.48 bits per heavy atom. The summed E-state index contributed by atoms with van der Waals surface area (Å²) in [4.78, 5) is 35.7. The zero-order valence-electron chi connectivity index (χ0n) is 16.5. The molecule has 3 rings (SSSR count). The van der Waals surface area contributed by atoms with Crippen LogP contribution in [0, 0.1) is 12.8 Å². The SMILES string of the molecule is CC[C@@H](C)[C@H](NC(=O)COc1ccc2c(oc(=O)c3ccccc32)c1C)C(=O)[O-]. The largest absolute Gasteiger partial charge is 0.548 e.